The van der Waals surface area contributed by atoms with Crippen LogP contribution in [-0.2, 0) is 26.2 Å². The number of nitrogens with zero attached hydrogens (tertiary/aromatic N) is 3. The fourth-order valence-corrected chi connectivity index (χ4v) is 5.02. The number of aliphatic carboxylic acids is 2. The van der Waals surface area contributed by atoms with E-state index >= 15 is 0 Å². The van der Waals surface area contributed by atoms with Crippen LogP contribution in [0.15, 0.2) is 41.1 Å². The second-order valence-corrected chi connectivity index (χ2v) is 9.59. The Labute approximate surface area is 222 Å². The smallest absolute Gasteiger partial charge is 0.326 e. The Morgan fingerprint density at radius 3 is 1.82 bits per heavy atom. The van der Waals surface area contributed by atoms with Gasteiger partial charge in [0, 0.05) is 64.1 Å². The second-order valence-electron chi connectivity index (χ2n) is 9.59. The summed E-state index contributed by atoms with van der Waals surface area (Å²) in [6, 6.07) is 2.70. The highest BCUT2D eigenvalue weighted by Crippen LogP contribution is 2.23. The van der Waals surface area contributed by atoms with E-state index in [4.69, 9.17) is 4.42 Å². The van der Waals surface area contributed by atoms with Crippen LogP contribution >= 0.6 is 0 Å². The number of rotatable bonds is 9. The molecular weight excluding hydrogens is 514 g/mol. The average molecular weight is 544 g/mol. The number of hydrogen-bond acceptors (Lipinski definition) is 7. The van der Waals surface area contributed by atoms with Crippen LogP contribution in [0.1, 0.15) is 46.7 Å². The maximum atomic E-state index is 12.9. The maximum Gasteiger partial charge on any atom is 0.326 e. The topological polar surface area (TPSA) is 191 Å². The Morgan fingerprint density at radius 1 is 0.846 bits per heavy atom. The van der Waals surface area contributed by atoms with E-state index in [-0.39, 0.29) is 44.5 Å². The summed E-state index contributed by atoms with van der Waals surface area (Å²) < 4.78 is 6.64. The zero-order valence-electron chi connectivity index (χ0n) is 21.1. The molecule has 4 rings (SSSR count). The van der Waals surface area contributed by atoms with Crippen LogP contribution < -0.4 is 10.6 Å². The number of furan rings is 1. The predicted molar refractivity (Wildman–Crippen MR) is 131 cm³/mol. The summed E-state index contributed by atoms with van der Waals surface area (Å²) in [5.41, 5.74) is 0.384. The van der Waals surface area contributed by atoms with Crippen molar-refractivity contribution >= 4 is 35.6 Å². The molecule has 2 aliphatic rings. The Morgan fingerprint density at radius 2 is 1.38 bits per heavy atom. The molecule has 4 amide bonds. The highest BCUT2D eigenvalue weighted by atomic mass is 16.4. The summed E-state index contributed by atoms with van der Waals surface area (Å²) in [5, 5.41) is 24.6. The van der Waals surface area contributed by atoms with Gasteiger partial charge in [-0.05, 0) is 24.3 Å². The van der Waals surface area contributed by atoms with E-state index in [1.165, 1.54) is 18.4 Å². The Hall–Kier alpha value is -4.62. The molecule has 2 fully saturated rings. The minimum absolute atomic E-state index is 0.00937. The van der Waals surface area contributed by atoms with Gasteiger partial charge in [0.25, 0.3) is 11.8 Å². The van der Waals surface area contributed by atoms with E-state index < -0.39 is 59.7 Å². The summed E-state index contributed by atoms with van der Waals surface area (Å²) >= 11 is 0. The van der Waals surface area contributed by atoms with E-state index in [1.54, 1.807) is 29.9 Å². The molecule has 4 atom stereocenters. The molecule has 2 aromatic heterocycles. The standard InChI is InChI=1S/C25H29N5O9/c1-28-8-2-4-16(28)22(33)26-14-10-17(24(35)36)29(12-14)20(31)6-7-21(32)30-13-15(11-18(30)25(37)38)27-23(34)19-5-3-9-39-19/h2-5,8-9,14-15,17-18H,6-7,10-13H2,1H3,(H,26,33)(H,27,34)(H,35,36)(H,37,38)/t14-,15-,17-,18-/m0/s1. The van der Waals surface area contributed by atoms with E-state index in [1.807, 2.05) is 0 Å². The average Bonchev–Trinajstić information content (AvgIpc) is 3.68. The lowest BCUT2D eigenvalue weighted by Gasteiger charge is -2.24. The molecule has 208 valence electrons. The fraction of sp³-hybridized carbons (Fsp3) is 0.440. The van der Waals surface area contributed by atoms with E-state index in [2.05, 4.69) is 10.6 Å². The summed E-state index contributed by atoms with van der Waals surface area (Å²) in [7, 11) is 1.70. The van der Waals surface area contributed by atoms with Gasteiger partial charge in [0.1, 0.15) is 17.8 Å². The van der Waals surface area contributed by atoms with Crippen LogP contribution in [0.5, 0.6) is 0 Å². The molecule has 0 unspecified atom stereocenters. The first-order valence-corrected chi connectivity index (χ1v) is 12.4. The number of aromatic nitrogens is 1. The van der Waals surface area contributed by atoms with Gasteiger partial charge in [-0.15, -0.1) is 0 Å². The van der Waals surface area contributed by atoms with Gasteiger partial charge >= 0.3 is 11.9 Å². The Kier molecular flexibility index (Phi) is 8.02. The van der Waals surface area contributed by atoms with Gasteiger partial charge in [-0.1, -0.05) is 0 Å². The van der Waals surface area contributed by atoms with Crippen molar-refractivity contribution in [3.63, 3.8) is 0 Å². The van der Waals surface area contributed by atoms with Gasteiger partial charge in [0.05, 0.1) is 6.26 Å². The van der Waals surface area contributed by atoms with Crippen LogP contribution in [0.3, 0.4) is 0 Å². The normalized spacial score (nSPS) is 22.5. The van der Waals surface area contributed by atoms with Crippen molar-refractivity contribution in [2.75, 3.05) is 13.1 Å². The first kappa shape index (κ1) is 27.4. The van der Waals surface area contributed by atoms with Crippen molar-refractivity contribution in [3.8, 4) is 0 Å². The summed E-state index contributed by atoms with van der Waals surface area (Å²) in [4.78, 5) is 76.5. The lowest BCUT2D eigenvalue weighted by atomic mass is 10.1. The second kappa shape index (κ2) is 11.4. The van der Waals surface area contributed by atoms with E-state index in [9.17, 15) is 39.0 Å². The van der Waals surface area contributed by atoms with Crippen molar-refractivity contribution in [2.45, 2.75) is 49.9 Å². The van der Waals surface area contributed by atoms with Crippen molar-refractivity contribution in [2.24, 2.45) is 7.05 Å². The van der Waals surface area contributed by atoms with Crippen molar-refractivity contribution in [3.05, 3.63) is 48.2 Å². The number of amides is 4. The fourth-order valence-electron chi connectivity index (χ4n) is 5.02. The number of likely N-dealkylation sites (tertiary alicyclic amines) is 2. The SMILES string of the molecule is Cn1cccc1C(=O)N[C@H]1C[C@@H](C(=O)O)N(C(=O)CCC(=O)N2C[C@@H](NC(=O)c3ccco3)C[C@H]2C(=O)O)C1. The van der Waals surface area contributed by atoms with Gasteiger partial charge in [-0.2, -0.15) is 0 Å². The van der Waals surface area contributed by atoms with Gasteiger partial charge < -0.3 is 39.6 Å². The van der Waals surface area contributed by atoms with Crippen molar-refractivity contribution < 1.29 is 43.4 Å². The number of carbonyl (C=O) groups excluding carboxylic acids is 4. The molecule has 2 aromatic rings. The van der Waals surface area contributed by atoms with Crippen LogP contribution in [0.4, 0.5) is 0 Å². The van der Waals surface area contributed by atoms with E-state index in [0.29, 0.717) is 5.69 Å². The van der Waals surface area contributed by atoms with Crippen LogP contribution in [0, 0.1) is 0 Å². The maximum absolute atomic E-state index is 12.9. The highest BCUT2D eigenvalue weighted by molar-refractivity contribution is 5.94. The zero-order chi connectivity index (χ0) is 28.3. The van der Waals surface area contributed by atoms with Crippen molar-refractivity contribution in [1.82, 2.24) is 25.0 Å². The summed E-state index contributed by atoms with van der Waals surface area (Å²) in [5.74, 6) is -4.57. The molecule has 2 aliphatic heterocycles. The van der Waals surface area contributed by atoms with Crippen LogP contribution in [0.2, 0.25) is 0 Å². The molecule has 0 aliphatic carbocycles. The third-order valence-electron chi connectivity index (χ3n) is 6.96. The molecule has 0 saturated carbocycles. The van der Waals surface area contributed by atoms with Crippen molar-refractivity contribution in [1.29, 1.82) is 0 Å². The molecule has 0 aromatic carbocycles. The monoisotopic (exact) mass is 543 g/mol. The van der Waals surface area contributed by atoms with Gasteiger partial charge in [-0.25, -0.2) is 9.59 Å². The Bertz CT molecular complexity index is 1270. The third kappa shape index (κ3) is 6.10. The number of carboxylic acids is 2. The van der Waals surface area contributed by atoms with Gasteiger partial charge in [0.15, 0.2) is 5.76 Å². The summed E-state index contributed by atoms with van der Waals surface area (Å²) in [6.45, 7) is -0.104. The molecule has 0 spiro atoms. The number of aryl methyl sites for hydroxylation is 1. The lowest BCUT2D eigenvalue weighted by Crippen LogP contribution is -2.43. The first-order valence-electron chi connectivity index (χ1n) is 12.4. The van der Waals surface area contributed by atoms with E-state index in [0.717, 1.165) is 9.80 Å². The Balaban J connectivity index is 1.33. The molecule has 4 N–H and O–H groups in total. The first-order chi connectivity index (χ1) is 18.5. The lowest BCUT2D eigenvalue weighted by molar-refractivity contribution is -0.150. The molecule has 0 bridgehead atoms. The van der Waals surface area contributed by atoms with Crippen LogP contribution in [0.25, 0.3) is 0 Å². The van der Waals surface area contributed by atoms with Gasteiger partial charge in [0.2, 0.25) is 11.8 Å². The number of hydrogen-bond donors (Lipinski definition) is 4. The molecule has 39 heavy (non-hydrogen) atoms. The zero-order valence-corrected chi connectivity index (χ0v) is 21.1. The minimum Gasteiger partial charge on any atom is -0.480 e. The number of carboxylic acid groups (broad SMARTS) is 2. The number of nitrogens with one attached hydrogen (secondary N) is 2. The molecule has 14 heteroatoms. The summed E-state index contributed by atoms with van der Waals surface area (Å²) in [6.07, 6.45) is 2.33. The predicted octanol–water partition coefficient (Wildman–Crippen LogP) is -0.334. The molecule has 14 nitrogen and oxygen atoms in total. The molecule has 0 radical (unpaired) electrons. The molecule has 2 saturated heterocycles. The van der Waals surface area contributed by atoms with Crippen LogP contribution in [-0.4, -0.2) is 97.4 Å². The largest absolute Gasteiger partial charge is 0.480 e. The minimum atomic E-state index is -1.24. The quantitative estimate of drug-likeness (QED) is 0.328. The number of carbonyl (C=O) groups is 6. The molecule has 4 heterocycles. The highest BCUT2D eigenvalue weighted by Gasteiger charge is 2.42. The van der Waals surface area contributed by atoms with Gasteiger partial charge in [-0.3, -0.25) is 19.2 Å². The molecular formula is C25H29N5O9. The third-order valence-corrected chi connectivity index (χ3v) is 6.96.